The van der Waals surface area contributed by atoms with Crippen LogP contribution in [0, 0.1) is 0 Å². The highest BCUT2D eigenvalue weighted by Crippen LogP contribution is 2.48. The molecule has 2 aromatic rings. The average molecular weight is 400 g/mol. The van der Waals surface area contributed by atoms with Gasteiger partial charge in [0.25, 0.3) is 0 Å². The first kappa shape index (κ1) is 19.7. The molecule has 0 spiro atoms. The second-order valence-corrected chi connectivity index (χ2v) is 8.98. The Morgan fingerprint density at radius 2 is 1.86 bits per heavy atom. The SMILES string of the molecule is CCCSc1ncc(CN2[C@@H]3CC[C@@H]2CC(O)(c2ccccc2OC)C3)cn1. The first-order valence-corrected chi connectivity index (χ1v) is 11.2. The number of rotatable bonds is 7. The van der Waals surface area contributed by atoms with Crippen LogP contribution in [0.15, 0.2) is 41.8 Å². The fourth-order valence-corrected chi connectivity index (χ4v) is 5.37. The molecule has 4 rings (SSSR count). The number of hydrogen-bond acceptors (Lipinski definition) is 6. The molecule has 2 fully saturated rings. The molecule has 0 amide bonds. The maximum absolute atomic E-state index is 11.5. The summed E-state index contributed by atoms with van der Waals surface area (Å²) in [5.74, 6) is 1.84. The second kappa shape index (κ2) is 8.39. The second-order valence-electron chi connectivity index (χ2n) is 7.92. The number of ether oxygens (including phenoxy) is 1. The van der Waals surface area contributed by atoms with Gasteiger partial charge in [0.2, 0.25) is 0 Å². The summed E-state index contributed by atoms with van der Waals surface area (Å²) >= 11 is 1.71. The quantitative estimate of drug-likeness (QED) is 0.561. The Labute approximate surface area is 171 Å². The lowest BCUT2D eigenvalue weighted by Crippen LogP contribution is -2.49. The molecule has 0 aliphatic carbocycles. The summed E-state index contributed by atoms with van der Waals surface area (Å²) in [4.78, 5) is 11.6. The first-order chi connectivity index (χ1) is 13.6. The average Bonchev–Trinajstić information content (AvgIpc) is 2.96. The number of hydrogen-bond donors (Lipinski definition) is 1. The van der Waals surface area contributed by atoms with Crippen LogP contribution < -0.4 is 4.74 Å². The topological polar surface area (TPSA) is 58.5 Å². The fraction of sp³-hybridized carbons (Fsp3) is 0.545. The lowest BCUT2D eigenvalue weighted by atomic mass is 9.80. The van der Waals surface area contributed by atoms with Crippen LogP contribution in [0.25, 0.3) is 0 Å². The minimum atomic E-state index is -0.813. The van der Waals surface area contributed by atoms with E-state index in [-0.39, 0.29) is 0 Å². The molecule has 0 unspecified atom stereocenters. The number of benzene rings is 1. The third-order valence-corrected chi connectivity index (χ3v) is 7.09. The summed E-state index contributed by atoms with van der Waals surface area (Å²) in [7, 11) is 1.67. The molecular weight excluding hydrogens is 370 g/mol. The van der Waals surface area contributed by atoms with Gasteiger partial charge < -0.3 is 9.84 Å². The van der Waals surface area contributed by atoms with Crippen LogP contribution in [0.5, 0.6) is 5.75 Å². The molecular formula is C22H29N3O2S. The van der Waals surface area contributed by atoms with Crippen LogP contribution in [0.3, 0.4) is 0 Å². The van der Waals surface area contributed by atoms with E-state index in [1.165, 1.54) is 0 Å². The predicted octanol–water partition coefficient (Wildman–Crippen LogP) is 4.00. The van der Waals surface area contributed by atoms with Crippen molar-refractivity contribution < 1.29 is 9.84 Å². The molecule has 3 heterocycles. The van der Waals surface area contributed by atoms with E-state index in [1.807, 2.05) is 36.7 Å². The highest BCUT2D eigenvalue weighted by molar-refractivity contribution is 7.99. The van der Waals surface area contributed by atoms with Gasteiger partial charge in [-0.25, -0.2) is 9.97 Å². The Kier molecular flexibility index (Phi) is 5.90. The highest BCUT2D eigenvalue weighted by Gasteiger charge is 2.49. The maximum atomic E-state index is 11.5. The predicted molar refractivity (Wildman–Crippen MR) is 112 cm³/mol. The smallest absolute Gasteiger partial charge is 0.187 e. The van der Waals surface area contributed by atoms with Crippen molar-refractivity contribution in [3.8, 4) is 5.75 Å². The van der Waals surface area contributed by atoms with E-state index in [1.54, 1.807) is 18.9 Å². The van der Waals surface area contributed by atoms with E-state index in [2.05, 4.69) is 21.8 Å². The van der Waals surface area contributed by atoms with Crippen molar-refractivity contribution in [3.05, 3.63) is 47.8 Å². The van der Waals surface area contributed by atoms with E-state index in [4.69, 9.17) is 4.74 Å². The Morgan fingerprint density at radius 3 is 2.50 bits per heavy atom. The summed E-state index contributed by atoms with van der Waals surface area (Å²) in [6, 6.07) is 8.65. The Balaban J connectivity index is 1.47. The monoisotopic (exact) mass is 399 g/mol. The van der Waals surface area contributed by atoms with Crippen LogP contribution in [0.1, 0.15) is 50.2 Å². The van der Waals surface area contributed by atoms with Crippen LogP contribution in [0.4, 0.5) is 0 Å². The van der Waals surface area contributed by atoms with Gasteiger partial charge in [-0.15, -0.1) is 0 Å². The summed E-state index contributed by atoms with van der Waals surface area (Å²) in [5.41, 5.74) is 1.27. The van der Waals surface area contributed by atoms with E-state index in [0.29, 0.717) is 12.1 Å². The summed E-state index contributed by atoms with van der Waals surface area (Å²) in [6.07, 6.45) is 8.81. The van der Waals surface area contributed by atoms with Crippen molar-refractivity contribution in [2.75, 3.05) is 12.9 Å². The molecule has 2 saturated heterocycles. The van der Waals surface area contributed by atoms with Gasteiger partial charge in [0.15, 0.2) is 5.16 Å². The van der Waals surface area contributed by atoms with Gasteiger partial charge in [-0.05, 0) is 38.2 Å². The summed E-state index contributed by atoms with van der Waals surface area (Å²) in [6.45, 7) is 3.02. The number of aromatic nitrogens is 2. The zero-order valence-electron chi connectivity index (χ0n) is 16.7. The Bertz CT molecular complexity index is 785. The number of aliphatic hydroxyl groups is 1. The van der Waals surface area contributed by atoms with Gasteiger partial charge in [0.05, 0.1) is 12.7 Å². The summed E-state index contributed by atoms with van der Waals surface area (Å²) in [5, 5.41) is 12.4. The van der Waals surface area contributed by atoms with Crippen molar-refractivity contribution in [2.24, 2.45) is 0 Å². The zero-order chi connectivity index (χ0) is 19.6. The van der Waals surface area contributed by atoms with Crippen LogP contribution in [0.2, 0.25) is 0 Å². The minimum Gasteiger partial charge on any atom is -0.496 e. The molecule has 6 heteroatoms. The van der Waals surface area contributed by atoms with Gasteiger partial charge in [-0.2, -0.15) is 0 Å². The molecule has 1 aromatic heterocycles. The third kappa shape index (κ3) is 3.91. The first-order valence-electron chi connectivity index (χ1n) is 10.2. The molecule has 2 atom stereocenters. The van der Waals surface area contributed by atoms with E-state index in [0.717, 1.165) is 66.4 Å². The molecule has 2 aliphatic rings. The van der Waals surface area contributed by atoms with Crippen LogP contribution >= 0.6 is 11.8 Å². The van der Waals surface area contributed by atoms with E-state index >= 15 is 0 Å². The molecule has 1 N–H and O–H groups in total. The van der Waals surface area contributed by atoms with Crippen LogP contribution in [-0.4, -0.2) is 44.9 Å². The molecule has 150 valence electrons. The van der Waals surface area contributed by atoms with Crippen molar-refractivity contribution in [2.45, 2.75) is 68.4 Å². The standard InChI is InChI=1S/C22H29N3O2S/c1-3-10-28-21-23-13-16(14-24-21)15-25-17-8-9-18(25)12-22(26,11-17)19-6-4-5-7-20(19)27-2/h4-7,13-14,17-18,26H,3,8-12,15H2,1-2H3/t17-,18-/m1/s1. The van der Waals surface area contributed by atoms with Crippen molar-refractivity contribution >= 4 is 11.8 Å². The van der Waals surface area contributed by atoms with E-state index in [9.17, 15) is 5.11 Å². The number of thioether (sulfide) groups is 1. The van der Waals surface area contributed by atoms with Gasteiger partial charge in [0, 0.05) is 47.9 Å². The highest BCUT2D eigenvalue weighted by atomic mass is 32.2. The lowest BCUT2D eigenvalue weighted by Gasteiger charge is -2.44. The molecule has 2 aliphatic heterocycles. The number of para-hydroxylation sites is 1. The van der Waals surface area contributed by atoms with Gasteiger partial charge in [0.1, 0.15) is 5.75 Å². The molecule has 2 bridgehead atoms. The molecule has 0 saturated carbocycles. The maximum Gasteiger partial charge on any atom is 0.187 e. The molecule has 1 aromatic carbocycles. The number of nitrogens with zero attached hydrogens (tertiary/aromatic N) is 3. The molecule has 5 nitrogen and oxygen atoms in total. The minimum absolute atomic E-state index is 0.378. The Morgan fingerprint density at radius 1 is 1.18 bits per heavy atom. The molecule has 28 heavy (non-hydrogen) atoms. The normalized spacial score (nSPS) is 27.1. The number of methoxy groups -OCH3 is 1. The van der Waals surface area contributed by atoms with Crippen molar-refractivity contribution in [3.63, 3.8) is 0 Å². The van der Waals surface area contributed by atoms with Gasteiger partial charge in [-0.1, -0.05) is 36.9 Å². The zero-order valence-corrected chi connectivity index (χ0v) is 17.5. The fourth-order valence-electron chi connectivity index (χ4n) is 4.73. The largest absolute Gasteiger partial charge is 0.496 e. The van der Waals surface area contributed by atoms with E-state index < -0.39 is 5.60 Å². The third-order valence-electron chi connectivity index (χ3n) is 6.01. The lowest BCUT2D eigenvalue weighted by molar-refractivity contribution is -0.0607. The molecule has 0 radical (unpaired) electrons. The van der Waals surface area contributed by atoms with Gasteiger partial charge >= 0.3 is 0 Å². The number of piperidine rings is 1. The Hall–Kier alpha value is -1.63. The number of fused-ring (bicyclic) bond motifs is 2. The van der Waals surface area contributed by atoms with Crippen LogP contribution in [-0.2, 0) is 12.1 Å². The summed E-state index contributed by atoms with van der Waals surface area (Å²) < 4.78 is 5.52. The van der Waals surface area contributed by atoms with Crippen molar-refractivity contribution in [1.29, 1.82) is 0 Å². The van der Waals surface area contributed by atoms with Gasteiger partial charge in [-0.3, -0.25) is 4.90 Å². The van der Waals surface area contributed by atoms with Crippen molar-refractivity contribution in [1.82, 2.24) is 14.9 Å².